The number of amides is 1. The maximum Gasteiger partial charge on any atom is 0.277 e. The Bertz CT molecular complexity index is 839. The molecule has 0 fully saturated rings. The van der Waals surface area contributed by atoms with Crippen LogP contribution in [0.25, 0.3) is 0 Å². The summed E-state index contributed by atoms with van der Waals surface area (Å²) < 4.78 is 5.95. The first-order valence-electron chi connectivity index (χ1n) is 8.28. The molecule has 144 valence electrons. The van der Waals surface area contributed by atoms with Gasteiger partial charge in [-0.3, -0.25) is 4.79 Å². The van der Waals surface area contributed by atoms with Crippen molar-refractivity contribution in [2.45, 2.75) is 26.2 Å². The summed E-state index contributed by atoms with van der Waals surface area (Å²) in [6.45, 7) is 4.11. The van der Waals surface area contributed by atoms with Gasteiger partial charge >= 0.3 is 0 Å². The summed E-state index contributed by atoms with van der Waals surface area (Å²) in [5, 5.41) is 23.4. The van der Waals surface area contributed by atoms with Crippen molar-refractivity contribution >= 4 is 44.0 Å². The summed E-state index contributed by atoms with van der Waals surface area (Å²) in [6.07, 6.45) is 2.33. The second kappa shape index (κ2) is 9.75. The monoisotopic (exact) mass is 498 g/mol. The number of nitrogens with one attached hydrogen (secondary N) is 1. The van der Waals surface area contributed by atoms with Crippen LogP contribution >= 0.6 is 31.9 Å². The minimum absolute atomic E-state index is 0.124. The van der Waals surface area contributed by atoms with Gasteiger partial charge in [0.15, 0.2) is 6.61 Å². The lowest BCUT2D eigenvalue weighted by Gasteiger charge is -2.10. The molecule has 2 rings (SSSR count). The highest BCUT2D eigenvalue weighted by Gasteiger charge is 2.13. The molecule has 6 nitrogen and oxygen atoms in total. The van der Waals surface area contributed by atoms with E-state index in [1.165, 1.54) is 17.8 Å². The summed E-state index contributed by atoms with van der Waals surface area (Å²) in [5.41, 5.74) is 3.86. The zero-order valence-corrected chi connectivity index (χ0v) is 18.0. The Kier molecular flexibility index (Phi) is 7.67. The second-order valence-electron chi connectivity index (χ2n) is 5.92. The normalized spacial score (nSPS) is 12.1. The van der Waals surface area contributed by atoms with Gasteiger partial charge in [-0.15, -0.1) is 0 Å². The third-order valence-electron chi connectivity index (χ3n) is 4.02. The fourth-order valence-corrected chi connectivity index (χ4v) is 3.35. The van der Waals surface area contributed by atoms with Crippen molar-refractivity contribution in [3.8, 4) is 17.2 Å². The quantitative estimate of drug-likeness (QED) is 0.381. The SMILES string of the molecule is CC[C@@H](C)c1ccc(OCC(=O)N/N=C/c2cc(Br)c(O)c(Br)c2O)cc1. The van der Waals surface area contributed by atoms with Gasteiger partial charge in [-0.1, -0.05) is 26.0 Å². The van der Waals surface area contributed by atoms with Crippen LogP contribution in [0.15, 0.2) is 44.4 Å². The number of nitrogens with zero attached hydrogens (tertiary/aromatic N) is 1. The first-order valence-corrected chi connectivity index (χ1v) is 9.86. The number of hydrogen-bond acceptors (Lipinski definition) is 5. The molecule has 0 aliphatic heterocycles. The molecule has 1 atom stereocenters. The minimum Gasteiger partial charge on any atom is -0.506 e. The van der Waals surface area contributed by atoms with E-state index >= 15 is 0 Å². The van der Waals surface area contributed by atoms with Crippen molar-refractivity contribution in [1.82, 2.24) is 5.43 Å². The van der Waals surface area contributed by atoms with Crippen LogP contribution in [0.4, 0.5) is 0 Å². The van der Waals surface area contributed by atoms with Crippen molar-refractivity contribution in [1.29, 1.82) is 0 Å². The molecule has 3 N–H and O–H groups in total. The van der Waals surface area contributed by atoms with Gasteiger partial charge in [-0.05, 0) is 68.0 Å². The van der Waals surface area contributed by atoms with E-state index in [1.54, 1.807) is 0 Å². The van der Waals surface area contributed by atoms with Crippen LogP contribution in [0.5, 0.6) is 17.2 Å². The number of carbonyl (C=O) groups excluding carboxylic acids is 1. The van der Waals surface area contributed by atoms with E-state index in [-0.39, 0.29) is 22.6 Å². The summed E-state index contributed by atoms with van der Waals surface area (Å²) in [5.74, 6) is 0.333. The highest BCUT2D eigenvalue weighted by atomic mass is 79.9. The first-order chi connectivity index (χ1) is 12.8. The zero-order chi connectivity index (χ0) is 20.0. The largest absolute Gasteiger partial charge is 0.506 e. The molecule has 0 saturated carbocycles. The standard InChI is InChI=1S/C19H20Br2N2O4/c1-3-11(2)12-4-6-14(7-5-12)27-10-16(24)23-22-9-13-8-15(20)19(26)17(21)18(13)25/h4-9,11,25-26H,3,10H2,1-2H3,(H,23,24)/b22-9+/t11-/m1/s1. The fraction of sp³-hybridized carbons (Fsp3) is 0.263. The molecule has 8 heteroatoms. The highest BCUT2D eigenvalue weighted by Crippen LogP contribution is 2.40. The number of carbonyl (C=O) groups is 1. The molecule has 0 radical (unpaired) electrons. The molecule has 0 aliphatic rings. The van der Waals surface area contributed by atoms with Gasteiger partial charge in [0, 0.05) is 5.56 Å². The maximum absolute atomic E-state index is 11.8. The number of phenolic OH excluding ortho intramolecular Hbond substituents is 2. The van der Waals surface area contributed by atoms with E-state index in [1.807, 2.05) is 24.3 Å². The van der Waals surface area contributed by atoms with E-state index in [0.717, 1.165) is 6.42 Å². The van der Waals surface area contributed by atoms with Crippen molar-refractivity contribution < 1.29 is 19.7 Å². The van der Waals surface area contributed by atoms with E-state index < -0.39 is 5.91 Å². The average Bonchev–Trinajstić information content (AvgIpc) is 2.68. The van der Waals surface area contributed by atoms with Crippen molar-refractivity contribution in [2.24, 2.45) is 5.10 Å². The lowest BCUT2D eigenvalue weighted by Crippen LogP contribution is -2.24. The third-order valence-corrected chi connectivity index (χ3v) is 5.38. The minimum atomic E-state index is -0.436. The predicted octanol–water partition coefficient (Wildman–Crippen LogP) is 4.67. The van der Waals surface area contributed by atoms with Crippen LogP contribution in [0, 0.1) is 0 Å². The maximum atomic E-state index is 11.8. The molecule has 0 bridgehead atoms. The smallest absolute Gasteiger partial charge is 0.277 e. The Balaban J connectivity index is 1.89. The topological polar surface area (TPSA) is 91.2 Å². The Morgan fingerprint density at radius 2 is 1.93 bits per heavy atom. The van der Waals surface area contributed by atoms with Crippen LogP contribution in [0.1, 0.15) is 37.3 Å². The zero-order valence-electron chi connectivity index (χ0n) is 14.9. The molecular formula is C19H20Br2N2O4. The number of halogens is 2. The van der Waals surface area contributed by atoms with Crippen LogP contribution in [-0.4, -0.2) is 28.9 Å². The van der Waals surface area contributed by atoms with Gasteiger partial charge in [-0.25, -0.2) is 5.43 Å². The van der Waals surface area contributed by atoms with Crippen LogP contribution < -0.4 is 10.2 Å². The highest BCUT2D eigenvalue weighted by molar-refractivity contribution is 9.11. The van der Waals surface area contributed by atoms with Gasteiger partial charge in [0.05, 0.1) is 10.7 Å². The van der Waals surface area contributed by atoms with E-state index in [0.29, 0.717) is 21.7 Å². The number of hydrazone groups is 1. The van der Waals surface area contributed by atoms with Gasteiger partial charge in [0.2, 0.25) is 0 Å². The average molecular weight is 500 g/mol. The summed E-state index contributed by atoms with van der Waals surface area (Å²) in [6, 6.07) is 9.12. The number of rotatable bonds is 7. The Morgan fingerprint density at radius 1 is 1.26 bits per heavy atom. The number of phenols is 2. The summed E-state index contributed by atoms with van der Waals surface area (Å²) in [4.78, 5) is 11.8. The Hall–Kier alpha value is -2.06. The van der Waals surface area contributed by atoms with E-state index in [9.17, 15) is 15.0 Å². The second-order valence-corrected chi connectivity index (χ2v) is 7.57. The Morgan fingerprint density at radius 3 is 2.56 bits per heavy atom. The van der Waals surface area contributed by atoms with Crippen LogP contribution in [-0.2, 0) is 4.79 Å². The molecule has 0 unspecified atom stereocenters. The van der Waals surface area contributed by atoms with E-state index in [4.69, 9.17) is 4.74 Å². The first kappa shape index (κ1) is 21.2. The van der Waals surface area contributed by atoms with Crippen LogP contribution in [0.3, 0.4) is 0 Å². The van der Waals surface area contributed by atoms with Gasteiger partial charge < -0.3 is 14.9 Å². The number of ether oxygens (including phenoxy) is 1. The number of hydrogen-bond donors (Lipinski definition) is 3. The lowest BCUT2D eigenvalue weighted by molar-refractivity contribution is -0.123. The molecule has 27 heavy (non-hydrogen) atoms. The lowest BCUT2D eigenvalue weighted by atomic mass is 9.99. The Labute approximate surface area is 174 Å². The molecule has 0 spiro atoms. The van der Waals surface area contributed by atoms with Crippen molar-refractivity contribution in [3.05, 3.63) is 50.4 Å². The molecule has 0 aliphatic carbocycles. The van der Waals surface area contributed by atoms with Gasteiger partial charge in [-0.2, -0.15) is 5.10 Å². The predicted molar refractivity (Wildman–Crippen MR) is 112 cm³/mol. The molecule has 0 heterocycles. The number of aromatic hydroxyl groups is 2. The van der Waals surface area contributed by atoms with Crippen molar-refractivity contribution in [3.63, 3.8) is 0 Å². The third kappa shape index (κ3) is 5.71. The molecule has 1 amide bonds. The summed E-state index contributed by atoms with van der Waals surface area (Å²) in [7, 11) is 0. The molecule has 2 aromatic rings. The fourth-order valence-electron chi connectivity index (χ4n) is 2.20. The molecule has 0 aromatic heterocycles. The van der Waals surface area contributed by atoms with Crippen molar-refractivity contribution in [2.75, 3.05) is 6.61 Å². The molecule has 0 saturated heterocycles. The molecular weight excluding hydrogens is 480 g/mol. The number of benzene rings is 2. The van der Waals surface area contributed by atoms with Gasteiger partial charge in [0.1, 0.15) is 21.7 Å². The van der Waals surface area contributed by atoms with Gasteiger partial charge in [0.25, 0.3) is 5.91 Å². The summed E-state index contributed by atoms with van der Waals surface area (Å²) >= 11 is 6.23. The van der Waals surface area contributed by atoms with E-state index in [2.05, 4.69) is 56.2 Å². The molecule has 2 aromatic carbocycles. The van der Waals surface area contributed by atoms with Crippen LogP contribution in [0.2, 0.25) is 0 Å².